The van der Waals surface area contributed by atoms with Crippen molar-refractivity contribution in [3.05, 3.63) is 29.8 Å². The maximum atomic E-state index is 12.1. The van der Waals surface area contributed by atoms with Crippen molar-refractivity contribution in [1.82, 2.24) is 4.90 Å². The smallest absolute Gasteiger partial charge is 0.320 e. The van der Waals surface area contributed by atoms with Crippen LogP contribution in [0.1, 0.15) is 31.7 Å². The standard InChI is InChI=1S/C16H22N2O3/c1-2-12-6-5-7-13(10-12)17-15(19)11-18-9-4-3-8-14(18)16(20)21/h5-7,10,14H,2-4,8-9,11H2,1H3,(H,17,19)(H,20,21). The molecule has 0 saturated carbocycles. The van der Waals surface area contributed by atoms with E-state index in [1.54, 1.807) is 4.90 Å². The highest BCUT2D eigenvalue weighted by atomic mass is 16.4. The molecule has 0 spiro atoms. The molecule has 1 aromatic rings. The van der Waals surface area contributed by atoms with Gasteiger partial charge < -0.3 is 10.4 Å². The molecule has 5 heteroatoms. The van der Waals surface area contributed by atoms with Crippen LogP contribution < -0.4 is 5.32 Å². The lowest BCUT2D eigenvalue weighted by Crippen LogP contribution is -2.47. The lowest BCUT2D eigenvalue weighted by molar-refractivity contribution is -0.145. The fourth-order valence-corrected chi connectivity index (χ4v) is 2.71. The number of hydrogen-bond donors (Lipinski definition) is 2. The zero-order valence-electron chi connectivity index (χ0n) is 12.3. The van der Waals surface area contributed by atoms with Crippen LogP contribution in [0.3, 0.4) is 0 Å². The molecule has 5 nitrogen and oxygen atoms in total. The Balaban J connectivity index is 1.95. The van der Waals surface area contributed by atoms with E-state index >= 15 is 0 Å². The van der Waals surface area contributed by atoms with Crippen LogP contribution in [0.25, 0.3) is 0 Å². The summed E-state index contributed by atoms with van der Waals surface area (Å²) in [7, 11) is 0. The van der Waals surface area contributed by atoms with Crippen LogP contribution in [-0.2, 0) is 16.0 Å². The third-order valence-electron chi connectivity index (χ3n) is 3.86. The molecule has 0 radical (unpaired) electrons. The van der Waals surface area contributed by atoms with Crippen molar-refractivity contribution >= 4 is 17.6 Å². The Hall–Kier alpha value is -1.88. The summed E-state index contributed by atoms with van der Waals surface area (Å²) in [6, 6.07) is 7.19. The van der Waals surface area contributed by atoms with E-state index in [0.29, 0.717) is 13.0 Å². The van der Waals surface area contributed by atoms with Crippen LogP contribution in [0.4, 0.5) is 5.69 Å². The first-order valence-electron chi connectivity index (χ1n) is 7.46. The molecular formula is C16H22N2O3. The Kier molecular flexibility index (Phi) is 5.33. The summed E-state index contributed by atoms with van der Waals surface area (Å²) in [5, 5.41) is 12.1. The van der Waals surface area contributed by atoms with Gasteiger partial charge >= 0.3 is 5.97 Å². The number of likely N-dealkylation sites (tertiary alicyclic amines) is 1. The fraction of sp³-hybridized carbons (Fsp3) is 0.500. The van der Waals surface area contributed by atoms with Gasteiger partial charge in [-0.2, -0.15) is 0 Å². The van der Waals surface area contributed by atoms with Gasteiger partial charge in [-0.25, -0.2) is 0 Å². The lowest BCUT2D eigenvalue weighted by atomic mass is 10.0. The molecule has 114 valence electrons. The molecule has 1 unspecified atom stereocenters. The Morgan fingerprint density at radius 3 is 2.90 bits per heavy atom. The quantitative estimate of drug-likeness (QED) is 0.871. The monoisotopic (exact) mass is 290 g/mol. The van der Waals surface area contributed by atoms with Crippen LogP contribution in [0, 0.1) is 0 Å². The zero-order chi connectivity index (χ0) is 15.2. The number of aryl methyl sites for hydroxylation is 1. The highest BCUT2D eigenvalue weighted by Gasteiger charge is 2.29. The number of piperidine rings is 1. The third-order valence-corrected chi connectivity index (χ3v) is 3.86. The first-order valence-corrected chi connectivity index (χ1v) is 7.46. The molecule has 0 bridgehead atoms. The number of rotatable bonds is 5. The average Bonchev–Trinajstić information content (AvgIpc) is 2.47. The van der Waals surface area contributed by atoms with Gasteiger partial charge in [0.2, 0.25) is 5.91 Å². The van der Waals surface area contributed by atoms with E-state index in [1.807, 2.05) is 24.3 Å². The molecule has 1 aliphatic rings. The van der Waals surface area contributed by atoms with Gasteiger partial charge in [0.15, 0.2) is 0 Å². The number of hydrogen-bond acceptors (Lipinski definition) is 3. The molecule has 21 heavy (non-hydrogen) atoms. The first-order chi connectivity index (χ1) is 10.1. The van der Waals surface area contributed by atoms with Gasteiger partial charge in [-0.3, -0.25) is 14.5 Å². The van der Waals surface area contributed by atoms with Crippen LogP contribution >= 0.6 is 0 Å². The maximum absolute atomic E-state index is 12.1. The van der Waals surface area contributed by atoms with Gasteiger partial charge in [0.1, 0.15) is 6.04 Å². The molecule has 1 aromatic carbocycles. The molecule has 0 aromatic heterocycles. The number of aliphatic carboxylic acids is 1. The number of nitrogens with zero attached hydrogens (tertiary/aromatic N) is 1. The van der Waals surface area contributed by atoms with Crippen LogP contribution in [0.5, 0.6) is 0 Å². The minimum absolute atomic E-state index is 0.132. The number of carbonyl (C=O) groups is 2. The van der Waals surface area contributed by atoms with E-state index in [1.165, 1.54) is 0 Å². The lowest BCUT2D eigenvalue weighted by Gasteiger charge is -2.32. The number of anilines is 1. The number of benzene rings is 1. The fourth-order valence-electron chi connectivity index (χ4n) is 2.71. The van der Waals surface area contributed by atoms with Gasteiger partial charge in [-0.05, 0) is 43.5 Å². The number of carbonyl (C=O) groups excluding carboxylic acids is 1. The molecular weight excluding hydrogens is 268 g/mol. The second-order valence-electron chi connectivity index (χ2n) is 5.42. The van der Waals surface area contributed by atoms with E-state index in [9.17, 15) is 14.7 Å². The van der Waals surface area contributed by atoms with Crippen LogP contribution in [0.15, 0.2) is 24.3 Å². The topological polar surface area (TPSA) is 69.6 Å². The summed E-state index contributed by atoms with van der Waals surface area (Å²) in [6.45, 7) is 2.86. The molecule has 2 N–H and O–H groups in total. The highest BCUT2D eigenvalue weighted by molar-refractivity contribution is 5.92. The highest BCUT2D eigenvalue weighted by Crippen LogP contribution is 2.17. The number of carboxylic acids is 1. The van der Waals surface area contributed by atoms with E-state index in [4.69, 9.17) is 0 Å². The summed E-state index contributed by atoms with van der Waals surface area (Å²) in [5.74, 6) is -0.994. The minimum atomic E-state index is -0.838. The van der Waals surface area contributed by atoms with E-state index in [2.05, 4.69) is 12.2 Å². The van der Waals surface area contributed by atoms with Crippen molar-refractivity contribution in [2.24, 2.45) is 0 Å². The van der Waals surface area contributed by atoms with Gasteiger partial charge in [0.05, 0.1) is 6.54 Å². The molecule has 2 rings (SSSR count). The molecule has 1 heterocycles. The summed E-state index contributed by atoms with van der Waals surface area (Å²) in [4.78, 5) is 25.1. The summed E-state index contributed by atoms with van der Waals surface area (Å²) >= 11 is 0. The largest absolute Gasteiger partial charge is 0.480 e. The second kappa shape index (κ2) is 7.22. The average molecular weight is 290 g/mol. The summed E-state index contributed by atoms with van der Waals surface area (Å²) in [6.07, 6.45) is 3.39. The molecule has 1 fully saturated rings. The SMILES string of the molecule is CCc1cccc(NC(=O)CN2CCCCC2C(=O)O)c1. The van der Waals surface area contributed by atoms with Gasteiger partial charge in [-0.1, -0.05) is 25.5 Å². The Morgan fingerprint density at radius 2 is 2.19 bits per heavy atom. The van der Waals surface area contributed by atoms with Gasteiger partial charge in [0, 0.05) is 5.69 Å². The van der Waals surface area contributed by atoms with E-state index < -0.39 is 12.0 Å². The minimum Gasteiger partial charge on any atom is -0.480 e. The molecule has 1 amide bonds. The second-order valence-corrected chi connectivity index (χ2v) is 5.42. The van der Waals surface area contributed by atoms with Crippen molar-refractivity contribution in [2.75, 3.05) is 18.4 Å². The molecule has 1 atom stereocenters. The summed E-state index contributed by atoms with van der Waals surface area (Å²) < 4.78 is 0. The number of amides is 1. The molecule has 1 aliphatic heterocycles. The predicted octanol–water partition coefficient (Wildman–Crippen LogP) is 2.13. The Bertz CT molecular complexity index is 516. The Labute approximate surface area is 125 Å². The number of carboxylic acid groups (broad SMARTS) is 1. The van der Waals surface area contributed by atoms with Crippen molar-refractivity contribution in [2.45, 2.75) is 38.6 Å². The summed E-state index contributed by atoms with van der Waals surface area (Å²) in [5.41, 5.74) is 1.93. The predicted molar refractivity (Wildman–Crippen MR) is 81.3 cm³/mol. The van der Waals surface area contributed by atoms with Crippen molar-refractivity contribution < 1.29 is 14.7 Å². The van der Waals surface area contributed by atoms with Crippen molar-refractivity contribution in [3.8, 4) is 0 Å². The van der Waals surface area contributed by atoms with E-state index in [0.717, 1.165) is 30.5 Å². The van der Waals surface area contributed by atoms with E-state index in [-0.39, 0.29) is 12.5 Å². The zero-order valence-corrected chi connectivity index (χ0v) is 12.3. The normalized spacial score (nSPS) is 19.2. The van der Waals surface area contributed by atoms with Crippen LogP contribution in [0.2, 0.25) is 0 Å². The maximum Gasteiger partial charge on any atom is 0.320 e. The third kappa shape index (κ3) is 4.29. The van der Waals surface area contributed by atoms with Gasteiger partial charge in [-0.15, -0.1) is 0 Å². The van der Waals surface area contributed by atoms with Crippen molar-refractivity contribution in [3.63, 3.8) is 0 Å². The first kappa shape index (κ1) is 15.5. The molecule has 1 saturated heterocycles. The Morgan fingerprint density at radius 1 is 1.38 bits per heavy atom. The number of nitrogens with one attached hydrogen (secondary N) is 1. The van der Waals surface area contributed by atoms with Gasteiger partial charge in [0.25, 0.3) is 0 Å². The van der Waals surface area contributed by atoms with Crippen molar-refractivity contribution in [1.29, 1.82) is 0 Å². The van der Waals surface area contributed by atoms with Crippen LogP contribution in [-0.4, -0.2) is 41.0 Å². The molecule has 0 aliphatic carbocycles.